The largest absolute Gasteiger partial charge is 0.467 e. The van der Waals surface area contributed by atoms with Crippen molar-refractivity contribution in [1.82, 2.24) is 14.7 Å². The zero-order chi connectivity index (χ0) is 16.2. The number of hydrogen-bond donors (Lipinski definition) is 0. The molecule has 124 valence electrons. The summed E-state index contributed by atoms with van der Waals surface area (Å²) in [5.41, 5.74) is 2.17. The van der Waals surface area contributed by atoms with Gasteiger partial charge in [-0.2, -0.15) is 5.10 Å². The van der Waals surface area contributed by atoms with Crippen molar-refractivity contribution in [2.45, 2.75) is 38.8 Å². The maximum Gasteiger partial charge on any atom is 0.249 e. The summed E-state index contributed by atoms with van der Waals surface area (Å²) in [6.45, 7) is 3.38. The van der Waals surface area contributed by atoms with Crippen molar-refractivity contribution in [3.8, 4) is 0 Å². The third-order valence-corrected chi connectivity index (χ3v) is 4.02. The van der Waals surface area contributed by atoms with Crippen molar-refractivity contribution in [3.05, 3.63) is 41.6 Å². The number of nitrogens with zero attached hydrogens (tertiary/aromatic N) is 3. The number of furan rings is 1. The van der Waals surface area contributed by atoms with E-state index >= 15 is 0 Å². The molecule has 0 bridgehead atoms. The van der Waals surface area contributed by atoms with E-state index in [-0.39, 0.29) is 12.5 Å². The van der Waals surface area contributed by atoms with E-state index in [9.17, 15) is 4.79 Å². The number of ether oxygens (including phenoxy) is 1. The lowest BCUT2D eigenvalue weighted by atomic mass is 10.2. The van der Waals surface area contributed by atoms with Gasteiger partial charge in [-0.05, 0) is 38.0 Å². The summed E-state index contributed by atoms with van der Waals surface area (Å²) in [5.74, 6) is 1.34. The van der Waals surface area contributed by atoms with Crippen LogP contribution in [-0.2, 0) is 29.7 Å². The first kappa shape index (κ1) is 15.8. The molecule has 0 spiro atoms. The van der Waals surface area contributed by atoms with Crippen LogP contribution < -0.4 is 0 Å². The number of hydrogen-bond acceptors (Lipinski definition) is 4. The first-order chi connectivity index (χ1) is 11.2. The Morgan fingerprint density at radius 2 is 2.30 bits per heavy atom. The summed E-state index contributed by atoms with van der Waals surface area (Å²) in [6.07, 6.45) is 4.09. The van der Waals surface area contributed by atoms with Crippen molar-refractivity contribution < 1.29 is 13.9 Å². The predicted molar refractivity (Wildman–Crippen MR) is 84.6 cm³/mol. The first-order valence-corrected chi connectivity index (χ1v) is 8.08. The summed E-state index contributed by atoms with van der Waals surface area (Å²) in [7, 11) is 1.97. The molecule has 1 fully saturated rings. The fourth-order valence-corrected chi connectivity index (χ4v) is 2.68. The summed E-state index contributed by atoms with van der Waals surface area (Å²) in [6, 6.07) is 5.81. The second-order valence-electron chi connectivity index (χ2n) is 5.92. The Labute approximate surface area is 136 Å². The molecule has 2 aromatic rings. The molecule has 2 heterocycles. The second-order valence-corrected chi connectivity index (χ2v) is 5.92. The number of carbonyl (C=O) groups excluding carboxylic acids is 1. The number of carbonyl (C=O) groups is 1. The third kappa shape index (κ3) is 4.01. The van der Waals surface area contributed by atoms with Gasteiger partial charge in [0.05, 0.1) is 25.0 Å². The van der Waals surface area contributed by atoms with Crippen LogP contribution in [0.5, 0.6) is 0 Å². The van der Waals surface area contributed by atoms with Crippen molar-refractivity contribution in [3.63, 3.8) is 0 Å². The smallest absolute Gasteiger partial charge is 0.249 e. The van der Waals surface area contributed by atoms with Crippen LogP contribution in [0.25, 0.3) is 0 Å². The molecule has 1 saturated carbocycles. The molecule has 0 saturated heterocycles. The molecule has 3 rings (SSSR count). The van der Waals surface area contributed by atoms with E-state index < -0.39 is 0 Å². The maximum atomic E-state index is 12.4. The number of amides is 1. The monoisotopic (exact) mass is 317 g/mol. The number of aromatic nitrogens is 2. The minimum absolute atomic E-state index is 0.0538. The Kier molecular flexibility index (Phi) is 4.81. The minimum Gasteiger partial charge on any atom is -0.467 e. The van der Waals surface area contributed by atoms with Crippen molar-refractivity contribution in [2.75, 3.05) is 13.2 Å². The quantitative estimate of drug-likeness (QED) is 0.750. The molecule has 0 N–H and O–H groups in total. The minimum atomic E-state index is -0.0538. The molecule has 0 aromatic carbocycles. The Bertz CT molecular complexity index is 644. The fourth-order valence-electron chi connectivity index (χ4n) is 2.68. The van der Waals surface area contributed by atoms with Gasteiger partial charge in [0, 0.05) is 25.3 Å². The fraction of sp³-hybridized carbons (Fsp3) is 0.529. The molecule has 6 nitrogen and oxygen atoms in total. The van der Waals surface area contributed by atoms with Gasteiger partial charge in [-0.3, -0.25) is 9.48 Å². The molecule has 0 radical (unpaired) electrons. The molecule has 6 heteroatoms. The van der Waals surface area contributed by atoms with Crippen molar-refractivity contribution in [2.24, 2.45) is 7.05 Å². The van der Waals surface area contributed by atoms with Gasteiger partial charge in [0.1, 0.15) is 12.4 Å². The highest BCUT2D eigenvalue weighted by Crippen LogP contribution is 2.40. The second kappa shape index (κ2) is 7.00. The Hall–Kier alpha value is -2.08. The lowest BCUT2D eigenvalue weighted by molar-refractivity contribution is -0.137. The van der Waals surface area contributed by atoms with E-state index in [1.165, 1.54) is 18.5 Å². The van der Waals surface area contributed by atoms with Crippen LogP contribution in [0, 0.1) is 0 Å². The van der Waals surface area contributed by atoms with Crippen LogP contribution in [0.3, 0.4) is 0 Å². The van der Waals surface area contributed by atoms with Crippen LogP contribution in [0.4, 0.5) is 0 Å². The average Bonchev–Trinajstić information content (AvgIpc) is 3.12. The van der Waals surface area contributed by atoms with Gasteiger partial charge in [-0.15, -0.1) is 0 Å². The Morgan fingerprint density at radius 3 is 2.96 bits per heavy atom. The van der Waals surface area contributed by atoms with Crippen molar-refractivity contribution in [1.29, 1.82) is 0 Å². The molecular weight excluding hydrogens is 294 g/mol. The molecule has 0 unspecified atom stereocenters. The van der Waals surface area contributed by atoms with Crippen LogP contribution in [0.15, 0.2) is 28.9 Å². The van der Waals surface area contributed by atoms with E-state index in [0.717, 1.165) is 11.5 Å². The molecule has 1 amide bonds. The zero-order valence-electron chi connectivity index (χ0n) is 13.7. The summed E-state index contributed by atoms with van der Waals surface area (Å²) in [5, 5.41) is 4.55. The molecule has 0 atom stereocenters. The lowest BCUT2D eigenvalue weighted by Gasteiger charge is -2.20. The molecular formula is C17H23N3O3. The van der Waals surface area contributed by atoms with Gasteiger partial charge in [-0.25, -0.2) is 0 Å². The van der Waals surface area contributed by atoms with Gasteiger partial charge < -0.3 is 14.1 Å². The van der Waals surface area contributed by atoms with Gasteiger partial charge in [0.2, 0.25) is 5.91 Å². The van der Waals surface area contributed by atoms with E-state index in [2.05, 4.69) is 11.2 Å². The lowest BCUT2D eigenvalue weighted by Crippen LogP contribution is -2.33. The Morgan fingerprint density at radius 1 is 1.48 bits per heavy atom. The maximum absolute atomic E-state index is 12.4. The molecule has 2 aromatic heterocycles. The van der Waals surface area contributed by atoms with E-state index in [1.54, 1.807) is 11.2 Å². The topological polar surface area (TPSA) is 60.5 Å². The van der Waals surface area contributed by atoms with E-state index in [0.29, 0.717) is 25.6 Å². The highest BCUT2D eigenvalue weighted by atomic mass is 16.5. The van der Waals surface area contributed by atoms with Gasteiger partial charge in [0.25, 0.3) is 0 Å². The highest BCUT2D eigenvalue weighted by Gasteiger charge is 2.27. The molecule has 1 aliphatic rings. The number of aryl methyl sites for hydroxylation is 1. The van der Waals surface area contributed by atoms with Crippen molar-refractivity contribution >= 4 is 5.91 Å². The van der Waals surface area contributed by atoms with Crippen LogP contribution in [0.1, 0.15) is 42.8 Å². The van der Waals surface area contributed by atoms with Gasteiger partial charge >= 0.3 is 0 Å². The van der Waals surface area contributed by atoms with Crippen LogP contribution in [0.2, 0.25) is 0 Å². The summed E-state index contributed by atoms with van der Waals surface area (Å²) < 4.78 is 12.6. The molecule has 23 heavy (non-hydrogen) atoms. The third-order valence-electron chi connectivity index (χ3n) is 4.02. The normalized spacial score (nSPS) is 14.2. The van der Waals surface area contributed by atoms with Gasteiger partial charge in [0.15, 0.2) is 0 Å². The standard InChI is InChI=1S/C17H23N3O3/c1-3-22-12-17(21)20(11-15-5-4-8-23-15)10-14-9-16(13-6-7-13)19(2)18-14/h4-5,8-9,13H,3,6-7,10-12H2,1-2H3. The zero-order valence-corrected chi connectivity index (χ0v) is 13.7. The SMILES string of the molecule is CCOCC(=O)N(Cc1cc(C2CC2)n(C)n1)Cc1ccco1. The molecule has 0 aliphatic heterocycles. The van der Waals surface area contributed by atoms with E-state index in [1.807, 2.05) is 30.8 Å². The molecule has 1 aliphatic carbocycles. The summed E-state index contributed by atoms with van der Waals surface area (Å²) in [4.78, 5) is 14.1. The van der Waals surface area contributed by atoms with Crippen LogP contribution in [-0.4, -0.2) is 33.8 Å². The van der Waals surface area contributed by atoms with Crippen LogP contribution >= 0.6 is 0 Å². The highest BCUT2D eigenvalue weighted by molar-refractivity contribution is 5.77. The van der Waals surface area contributed by atoms with Gasteiger partial charge in [-0.1, -0.05) is 0 Å². The summed E-state index contributed by atoms with van der Waals surface area (Å²) >= 11 is 0. The first-order valence-electron chi connectivity index (χ1n) is 8.08. The Balaban J connectivity index is 1.71. The predicted octanol–water partition coefficient (Wildman–Crippen LogP) is 2.46. The van der Waals surface area contributed by atoms with E-state index in [4.69, 9.17) is 9.15 Å². The average molecular weight is 317 g/mol. The number of rotatable bonds is 8.